The smallest absolute Gasteiger partial charge is 0.0673 e. The lowest BCUT2D eigenvalue weighted by Crippen LogP contribution is -2.34. The van der Waals surface area contributed by atoms with Crippen molar-refractivity contribution in [2.75, 3.05) is 18.5 Å². The Hall–Kier alpha value is -0.510. The number of hydrogen-bond acceptors (Lipinski definition) is 3. The van der Waals surface area contributed by atoms with Gasteiger partial charge in [-0.05, 0) is 25.0 Å². The van der Waals surface area contributed by atoms with Gasteiger partial charge in [0, 0.05) is 19.3 Å². The van der Waals surface area contributed by atoms with Gasteiger partial charge < -0.3 is 5.43 Å². The van der Waals surface area contributed by atoms with Crippen molar-refractivity contribution in [3.8, 4) is 0 Å². The Morgan fingerprint density at radius 2 is 1.87 bits per heavy atom. The Balaban J connectivity index is 0.000000980. The second-order valence-electron chi connectivity index (χ2n) is 3.40. The van der Waals surface area contributed by atoms with Crippen molar-refractivity contribution < 1.29 is 0 Å². The molecule has 0 atom stereocenters. The predicted molar refractivity (Wildman–Crippen MR) is 67.8 cm³/mol. The highest BCUT2D eigenvalue weighted by Crippen LogP contribution is 2.11. The zero-order valence-corrected chi connectivity index (χ0v) is 10.2. The minimum atomic E-state index is 0. The molecule has 1 saturated heterocycles. The topological polar surface area (TPSA) is 28.2 Å². The van der Waals surface area contributed by atoms with Crippen LogP contribution in [-0.2, 0) is 0 Å². The summed E-state index contributed by atoms with van der Waals surface area (Å²) >= 11 is 0. The Morgan fingerprint density at radius 1 is 1.13 bits per heavy atom. The molecule has 0 aromatic carbocycles. The fourth-order valence-corrected chi connectivity index (χ4v) is 1.62. The first kappa shape index (κ1) is 14.5. The van der Waals surface area contributed by atoms with Crippen LogP contribution in [0, 0.1) is 0 Å². The summed E-state index contributed by atoms with van der Waals surface area (Å²) in [7, 11) is 0. The molecule has 1 aromatic rings. The van der Waals surface area contributed by atoms with Crippen LogP contribution in [0.15, 0.2) is 24.5 Å². The Kier molecular flexibility index (Phi) is 7.48. The summed E-state index contributed by atoms with van der Waals surface area (Å²) < 4.78 is 0. The van der Waals surface area contributed by atoms with Crippen molar-refractivity contribution in [3.63, 3.8) is 0 Å². The van der Waals surface area contributed by atoms with Gasteiger partial charge in [-0.2, -0.15) is 0 Å². The standard InChI is InChI=1S/C10H15N3.2ClH/c1-2-7-13(8-3-1)12-10-5-4-6-11-9-10;;/h4-6,9,12H,1-3,7-8H2;2*1H. The number of pyridine rings is 1. The maximum atomic E-state index is 4.06. The molecule has 86 valence electrons. The molecule has 15 heavy (non-hydrogen) atoms. The minimum absolute atomic E-state index is 0. The first-order chi connectivity index (χ1) is 6.45. The maximum absolute atomic E-state index is 4.06. The van der Waals surface area contributed by atoms with Gasteiger partial charge >= 0.3 is 0 Å². The van der Waals surface area contributed by atoms with Crippen molar-refractivity contribution in [2.45, 2.75) is 19.3 Å². The molecule has 1 fully saturated rings. The van der Waals surface area contributed by atoms with Crippen LogP contribution < -0.4 is 5.43 Å². The Bertz CT molecular complexity index is 250. The van der Waals surface area contributed by atoms with E-state index in [1.54, 1.807) is 6.20 Å². The third-order valence-corrected chi connectivity index (χ3v) is 2.30. The number of nitrogens with one attached hydrogen (secondary N) is 1. The summed E-state index contributed by atoms with van der Waals surface area (Å²) in [6, 6.07) is 3.99. The van der Waals surface area contributed by atoms with Crippen molar-refractivity contribution in [2.24, 2.45) is 0 Å². The molecule has 1 aliphatic heterocycles. The van der Waals surface area contributed by atoms with Crippen molar-refractivity contribution in [1.82, 2.24) is 9.99 Å². The van der Waals surface area contributed by atoms with E-state index in [1.165, 1.54) is 19.3 Å². The van der Waals surface area contributed by atoms with Gasteiger partial charge in [-0.1, -0.05) is 6.42 Å². The van der Waals surface area contributed by atoms with E-state index in [2.05, 4.69) is 15.4 Å². The van der Waals surface area contributed by atoms with Crippen LogP contribution in [-0.4, -0.2) is 23.1 Å². The number of aromatic nitrogens is 1. The molecule has 3 nitrogen and oxygen atoms in total. The van der Waals surface area contributed by atoms with Crippen molar-refractivity contribution >= 4 is 30.5 Å². The van der Waals surface area contributed by atoms with Crippen molar-refractivity contribution in [1.29, 1.82) is 0 Å². The first-order valence-corrected chi connectivity index (χ1v) is 4.87. The molecule has 1 N–H and O–H groups in total. The van der Waals surface area contributed by atoms with Crippen LogP contribution in [0.4, 0.5) is 5.69 Å². The van der Waals surface area contributed by atoms with E-state index in [0.29, 0.717) is 0 Å². The van der Waals surface area contributed by atoms with E-state index in [4.69, 9.17) is 0 Å². The van der Waals surface area contributed by atoms with Gasteiger partial charge in [-0.15, -0.1) is 24.8 Å². The Morgan fingerprint density at radius 3 is 2.47 bits per heavy atom. The highest BCUT2D eigenvalue weighted by molar-refractivity contribution is 5.85. The molecule has 1 aliphatic rings. The van der Waals surface area contributed by atoms with Gasteiger partial charge in [-0.25, -0.2) is 5.01 Å². The van der Waals surface area contributed by atoms with E-state index in [9.17, 15) is 0 Å². The third kappa shape index (κ3) is 4.69. The quantitative estimate of drug-likeness (QED) is 0.874. The molecule has 0 aliphatic carbocycles. The lowest BCUT2D eigenvalue weighted by molar-refractivity contribution is 0.273. The van der Waals surface area contributed by atoms with Gasteiger partial charge in [0.15, 0.2) is 0 Å². The van der Waals surface area contributed by atoms with Gasteiger partial charge in [0.25, 0.3) is 0 Å². The SMILES string of the molecule is Cl.Cl.c1cncc(NN2CCCCC2)c1. The number of hydrazine groups is 1. The molecule has 0 amide bonds. The van der Waals surface area contributed by atoms with E-state index in [0.717, 1.165) is 18.8 Å². The molecule has 5 heteroatoms. The average molecular weight is 250 g/mol. The first-order valence-electron chi connectivity index (χ1n) is 4.87. The molecule has 0 bridgehead atoms. The lowest BCUT2D eigenvalue weighted by Gasteiger charge is -2.27. The summed E-state index contributed by atoms with van der Waals surface area (Å²) in [5, 5.41) is 2.26. The highest BCUT2D eigenvalue weighted by Gasteiger charge is 2.08. The number of hydrogen-bond donors (Lipinski definition) is 1. The predicted octanol–water partition coefficient (Wildman–Crippen LogP) is 2.74. The summed E-state index contributed by atoms with van der Waals surface area (Å²) in [5.41, 5.74) is 4.44. The zero-order chi connectivity index (χ0) is 8.93. The average Bonchev–Trinajstić information content (AvgIpc) is 2.21. The van der Waals surface area contributed by atoms with Crippen LogP contribution in [0.3, 0.4) is 0 Å². The van der Waals surface area contributed by atoms with Crippen LogP contribution in [0.25, 0.3) is 0 Å². The van der Waals surface area contributed by atoms with E-state index in [-0.39, 0.29) is 24.8 Å². The summed E-state index contributed by atoms with van der Waals surface area (Å²) in [5.74, 6) is 0. The number of nitrogens with zero attached hydrogens (tertiary/aromatic N) is 2. The minimum Gasteiger partial charge on any atom is -0.317 e. The molecule has 1 aromatic heterocycles. The fraction of sp³-hybridized carbons (Fsp3) is 0.500. The normalized spacial score (nSPS) is 16.0. The molecular weight excluding hydrogens is 233 g/mol. The van der Waals surface area contributed by atoms with Gasteiger partial charge in [0.2, 0.25) is 0 Å². The molecule has 0 spiro atoms. The number of piperidine rings is 1. The molecule has 2 heterocycles. The fourth-order valence-electron chi connectivity index (χ4n) is 1.62. The highest BCUT2D eigenvalue weighted by atomic mass is 35.5. The molecule has 2 rings (SSSR count). The van der Waals surface area contributed by atoms with Crippen LogP contribution >= 0.6 is 24.8 Å². The van der Waals surface area contributed by atoms with E-state index >= 15 is 0 Å². The number of rotatable bonds is 2. The van der Waals surface area contributed by atoms with Crippen LogP contribution in [0.1, 0.15) is 19.3 Å². The Labute approximate surface area is 103 Å². The van der Waals surface area contributed by atoms with Crippen LogP contribution in [0.2, 0.25) is 0 Å². The number of anilines is 1. The summed E-state index contributed by atoms with van der Waals surface area (Å²) in [6.45, 7) is 2.30. The van der Waals surface area contributed by atoms with Crippen LogP contribution in [0.5, 0.6) is 0 Å². The molecule has 0 radical (unpaired) electrons. The van der Waals surface area contributed by atoms with Gasteiger partial charge in [0.05, 0.1) is 11.9 Å². The van der Waals surface area contributed by atoms with E-state index in [1.807, 2.05) is 18.3 Å². The molecule has 0 unspecified atom stereocenters. The van der Waals surface area contributed by atoms with E-state index < -0.39 is 0 Å². The second-order valence-corrected chi connectivity index (χ2v) is 3.40. The van der Waals surface area contributed by atoms with Gasteiger partial charge in [-0.3, -0.25) is 4.98 Å². The summed E-state index contributed by atoms with van der Waals surface area (Å²) in [4.78, 5) is 4.06. The summed E-state index contributed by atoms with van der Waals surface area (Å²) in [6.07, 6.45) is 7.61. The monoisotopic (exact) mass is 249 g/mol. The maximum Gasteiger partial charge on any atom is 0.0673 e. The van der Waals surface area contributed by atoms with Crippen molar-refractivity contribution in [3.05, 3.63) is 24.5 Å². The molecular formula is C10H17Cl2N3. The third-order valence-electron chi connectivity index (χ3n) is 2.30. The molecule has 0 saturated carbocycles. The van der Waals surface area contributed by atoms with Gasteiger partial charge in [0.1, 0.15) is 0 Å². The second kappa shape index (κ2) is 7.74. The lowest BCUT2D eigenvalue weighted by atomic mass is 10.2. The number of halogens is 2. The zero-order valence-electron chi connectivity index (χ0n) is 8.56. The largest absolute Gasteiger partial charge is 0.317 e.